The number of ether oxygens (including phenoxy) is 1. The Balaban J connectivity index is 2.41. The Morgan fingerprint density at radius 2 is 1.90 bits per heavy atom. The highest BCUT2D eigenvalue weighted by molar-refractivity contribution is 9.10. The van der Waals surface area contributed by atoms with E-state index in [1.807, 2.05) is 45.0 Å². The van der Waals surface area contributed by atoms with Crippen LogP contribution in [0.25, 0.3) is 0 Å². The van der Waals surface area contributed by atoms with Crippen molar-refractivity contribution < 1.29 is 9.53 Å². The number of benzene rings is 1. The van der Waals surface area contributed by atoms with E-state index >= 15 is 0 Å². The predicted molar refractivity (Wildman–Crippen MR) is 84.7 cm³/mol. The van der Waals surface area contributed by atoms with Crippen LogP contribution in [0.2, 0.25) is 0 Å². The van der Waals surface area contributed by atoms with Crippen molar-refractivity contribution in [1.82, 2.24) is 4.90 Å². The normalized spacial score (nSPS) is 12.9. The van der Waals surface area contributed by atoms with E-state index in [4.69, 9.17) is 10.5 Å². The third-order valence-electron chi connectivity index (χ3n) is 3.08. The molecule has 0 aliphatic carbocycles. The zero-order valence-electron chi connectivity index (χ0n) is 12.5. The van der Waals surface area contributed by atoms with E-state index in [1.54, 1.807) is 11.9 Å². The number of hydrogen-bond acceptors (Lipinski definition) is 3. The number of carbonyl (C=O) groups is 1. The zero-order valence-corrected chi connectivity index (χ0v) is 14.1. The maximum Gasteiger partial charge on any atom is 0.239 e. The van der Waals surface area contributed by atoms with Gasteiger partial charge in [0.2, 0.25) is 5.91 Å². The molecule has 1 aromatic carbocycles. The van der Waals surface area contributed by atoms with Gasteiger partial charge < -0.3 is 15.4 Å². The van der Waals surface area contributed by atoms with E-state index in [2.05, 4.69) is 15.9 Å². The molecule has 1 rings (SSSR count). The first-order valence-corrected chi connectivity index (χ1v) is 7.40. The third-order valence-corrected chi connectivity index (χ3v) is 3.61. The predicted octanol–water partition coefficient (Wildman–Crippen LogP) is 2.66. The van der Waals surface area contributed by atoms with Gasteiger partial charge in [0.15, 0.2) is 0 Å². The molecule has 2 N–H and O–H groups in total. The highest BCUT2D eigenvalue weighted by Gasteiger charge is 2.29. The lowest BCUT2D eigenvalue weighted by Gasteiger charge is -2.29. The summed E-state index contributed by atoms with van der Waals surface area (Å²) in [5, 5.41) is 0. The molecular formula is C15H23BrN2O2. The van der Waals surface area contributed by atoms with E-state index in [0.717, 1.165) is 10.2 Å². The van der Waals surface area contributed by atoms with Crippen molar-refractivity contribution in [2.75, 3.05) is 20.2 Å². The van der Waals surface area contributed by atoms with Gasteiger partial charge >= 0.3 is 0 Å². The molecule has 4 nitrogen and oxygen atoms in total. The average Bonchev–Trinajstić information content (AvgIpc) is 2.38. The Morgan fingerprint density at radius 3 is 2.40 bits per heavy atom. The van der Waals surface area contributed by atoms with Gasteiger partial charge in [-0.1, -0.05) is 36.7 Å². The van der Waals surface area contributed by atoms with Crippen molar-refractivity contribution in [1.29, 1.82) is 0 Å². The fourth-order valence-electron chi connectivity index (χ4n) is 1.55. The Hall–Kier alpha value is -1.07. The molecule has 1 atom stereocenters. The summed E-state index contributed by atoms with van der Waals surface area (Å²) < 4.78 is 6.60. The van der Waals surface area contributed by atoms with E-state index in [1.165, 1.54) is 0 Å². The first-order valence-electron chi connectivity index (χ1n) is 6.61. The minimum absolute atomic E-state index is 0.0584. The van der Waals surface area contributed by atoms with Crippen LogP contribution in [0.5, 0.6) is 5.75 Å². The van der Waals surface area contributed by atoms with Gasteiger partial charge in [0.1, 0.15) is 12.4 Å². The SMILES string of the molecule is CN(CCOc1ccc(Br)cc1)C(=O)[C@H](N)C(C)(C)C. The molecule has 0 spiro atoms. The van der Waals surface area contributed by atoms with E-state index in [9.17, 15) is 4.79 Å². The second kappa shape index (κ2) is 7.09. The summed E-state index contributed by atoms with van der Waals surface area (Å²) in [6.45, 7) is 6.84. The molecule has 0 saturated heterocycles. The molecule has 5 heteroatoms. The monoisotopic (exact) mass is 342 g/mol. The summed E-state index contributed by atoms with van der Waals surface area (Å²) in [6, 6.07) is 7.10. The van der Waals surface area contributed by atoms with Crippen molar-refractivity contribution in [2.24, 2.45) is 11.1 Å². The summed E-state index contributed by atoms with van der Waals surface area (Å²) in [5.41, 5.74) is 5.72. The molecule has 0 saturated carbocycles. The lowest BCUT2D eigenvalue weighted by molar-refractivity contribution is -0.133. The third kappa shape index (κ3) is 5.13. The van der Waals surface area contributed by atoms with Crippen molar-refractivity contribution >= 4 is 21.8 Å². The summed E-state index contributed by atoms with van der Waals surface area (Å²) in [4.78, 5) is 13.7. The second-order valence-electron chi connectivity index (χ2n) is 5.91. The minimum Gasteiger partial charge on any atom is -0.492 e. The largest absolute Gasteiger partial charge is 0.492 e. The number of nitrogens with two attached hydrogens (primary N) is 1. The lowest BCUT2D eigenvalue weighted by atomic mass is 9.86. The quantitative estimate of drug-likeness (QED) is 0.894. The van der Waals surface area contributed by atoms with Crippen molar-refractivity contribution in [3.05, 3.63) is 28.7 Å². The smallest absolute Gasteiger partial charge is 0.239 e. The number of halogens is 1. The van der Waals surface area contributed by atoms with Crippen LogP contribution in [0, 0.1) is 5.41 Å². The first kappa shape index (κ1) is 17.0. The van der Waals surface area contributed by atoms with Gasteiger partial charge in [-0.3, -0.25) is 4.79 Å². The Bertz CT molecular complexity index is 440. The standard InChI is InChI=1S/C15H23BrN2O2/c1-15(2,3)13(17)14(19)18(4)9-10-20-12-7-5-11(16)6-8-12/h5-8,13H,9-10,17H2,1-4H3/t13-/m0/s1. The van der Waals surface area contributed by atoms with E-state index in [0.29, 0.717) is 13.2 Å². The second-order valence-corrected chi connectivity index (χ2v) is 6.82. The molecule has 0 bridgehead atoms. The summed E-state index contributed by atoms with van der Waals surface area (Å²) >= 11 is 3.37. The molecule has 0 aliphatic rings. The Kier molecular flexibility index (Phi) is 6.02. The van der Waals surface area contributed by atoms with Crippen LogP contribution >= 0.6 is 15.9 Å². The van der Waals surface area contributed by atoms with E-state index < -0.39 is 6.04 Å². The summed E-state index contributed by atoms with van der Waals surface area (Å²) in [5.74, 6) is 0.728. The maximum absolute atomic E-state index is 12.1. The molecule has 0 fully saturated rings. The zero-order chi connectivity index (χ0) is 15.3. The molecular weight excluding hydrogens is 320 g/mol. The molecule has 112 valence electrons. The summed E-state index contributed by atoms with van der Waals surface area (Å²) in [6.07, 6.45) is 0. The topological polar surface area (TPSA) is 55.6 Å². The van der Waals surface area contributed by atoms with Crippen LogP contribution in [0.15, 0.2) is 28.7 Å². The van der Waals surface area contributed by atoms with Gasteiger partial charge in [0.05, 0.1) is 12.6 Å². The first-order chi connectivity index (χ1) is 9.21. The minimum atomic E-state index is -0.500. The van der Waals surface area contributed by atoms with Gasteiger partial charge in [-0.2, -0.15) is 0 Å². The number of carbonyl (C=O) groups excluding carboxylic acids is 1. The van der Waals surface area contributed by atoms with Crippen molar-refractivity contribution in [3.8, 4) is 5.75 Å². The Labute approximate surface area is 129 Å². The molecule has 0 heterocycles. The molecule has 0 radical (unpaired) electrons. The number of rotatable bonds is 5. The average molecular weight is 343 g/mol. The molecule has 0 aromatic heterocycles. The molecule has 20 heavy (non-hydrogen) atoms. The summed E-state index contributed by atoms with van der Waals surface area (Å²) in [7, 11) is 1.75. The molecule has 1 amide bonds. The van der Waals surface area contributed by atoms with Gasteiger partial charge in [-0.05, 0) is 29.7 Å². The van der Waals surface area contributed by atoms with Crippen molar-refractivity contribution in [3.63, 3.8) is 0 Å². The number of likely N-dealkylation sites (N-methyl/N-ethyl adjacent to an activating group) is 1. The highest BCUT2D eigenvalue weighted by Crippen LogP contribution is 2.19. The molecule has 0 unspecified atom stereocenters. The van der Waals surface area contributed by atoms with Gasteiger partial charge in [-0.25, -0.2) is 0 Å². The van der Waals surface area contributed by atoms with E-state index in [-0.39, 0.29) is 11.3 Å². The van der Waals surface area contributed by atoms with Gasteiger partial charge in [0.25, 0.3) is 0 Å². The van der Waals surface area contributed by atoms with Crippen molar-refractivity contribution in [2.45, 2.75) is 26.8 Å². The fourth-order valence-corrected chi connectivity index (χ4v) is 1.81. The maximum atomic E-state index is 12.1. The Morgan fingerprint density at radius 1 is 1.35 bits per heavy atom. The lowest BCUT2D eigenvalue weighted by Crippen LogP contribution is -2.49. The fraction of sp³-hybridized carbons (Fsp3) is 0.533. The van der Waals surface area contributed by atoms with Crippen LogP contribution < -0.4 is 10.5 Å². The van der Waals surface area contributed by atoms with Crippen LogP contribution in [0.3, 0.4) is 0 Å². The van der Waals surface area contributed by atoms with Gasteiger partial charge in [0, 0.05) is 11.5 Å². The van der Waals surface area contributed by atoms with Crippen LogP contribution in [0.1, 0.15) is 20.8 Å². The van der Waals surface area contributed by atoms with Crippen LogP contribution in [-0.4, -0.2) is 37.0 Å². The van der Waals surface area contributed by atoms with Crippen LogP contribution in [-0.2, 0) is 4.79 Å². The number of hydrogen-bond donors (Lipinski definition) is 1. The highest BCUT2D eigenvalue weighted by atomic mass is 79.9. The number of amides is 1. The van der Waals surface area contributed by atoms with Crippen LogP contribution in [0.4, 0.5) is 0 Å². The number of nitrogens with zero attached hydrogens (tertiary/aromatic N) is 1. The van der Waals surface area contributed by atoms with Gasteiger partial charge in [-0.15, -0.1) is 0 Å². The molecule has 0 aliphatic heterocycles. The molecule has 1 aromatic rings.